The maximum Gasteiger partial charge on any atom is 0.426 e. The number of para-hydroxylation sites is 2. The summed E-state index contributed by atoms with van der Waals surface area (Å²) in [6, 6.07) is 19.0. The van der Waals surface area contributed by atoms with Gasteiger partial charge in [-0.05, 0) is 31.2 Å². The number of hydrogen-bond acceptors (Lipinski definition) is 3. The van der Waals surface area contributed by atoms with Crippen LogP contribution in [0.15, 0.2) is 69.9 Å². The number of benzene rings is 2. The molecule has 2 aromatic heterocycles. The molecule has 0 spiro atoms. The van der Waals surface area contributed by atoms with Crippen molar-refractivity contribution in [2.24, 2.45) is 0 Å². The maximum absolute atomic E-state index is 12.3. The van der Waals surface area contributed by atoms with Crippen molar-refractivity contribution in [1.29, 1.82) is 0 Å². The van der Waals surface area contributed by atoms with Crippen LogP contribution in [0.25, 0.3) is 22.6 Å². The van der Waals surface area contributed by atoms with E-state index >= 15 is 0 Å². The zero-order valence-electron chi connectivity index (χ0n) is 11.9. The summed E-state index contributed by atoms with van der Waals surface area (Å²) in [6.45, 7) is 1.87. The van der Waals surface area contributed by atoms with E-state index in [1.165, 1.54) is 0 Å². The topological polar surface area (TPSA) is 53.0 Å². The van der Waals surface area contributed by atoms with Gasteiger partial charge in [0.25, 0.3) is 5.71 Å². The molecule has 0 fully saturated rings. The fraction of sp³-hybridized carbons (Fsp3) is 0.0588. The van der Waals surface area contributed by atoms with Crippen LogP contribution in [0.1, 0.15) is 5.69 Å². The minimum Gasteiger partial charge on any atom is -0.388 e. The zero-order valence-corrected chi connectivity index (χ0v) is 11.9. The van der Waals surface area contributed by atoms with Crippen LogP contribution in [0.2, 0.25) is 0 Å². The van der Waals surface area contributed by atoms with Crippen molar-refractivity contribution in [3.63, 3.8) is 0 Å². The van der Waals surface area contributed by atoms with Crippen LogP contribution in [-0.2, 0) is 0 Å². The quantitative estimate of drug-likeness (QED) is 0.570. The predicted molar refractivity (Wildman–Crippen MR) is 83.7 cm³/mol. The second-order valence-corrected chi connectivity index (χ2v) is 5.03. The monoisotopic (exact) mass is 291 g/mol. The van der Waals surface area contributed by atoms with Crippen LogP contribution >= 0.6 is 0 Å². The molecule has 0 unspecified atom stereocenters. The molecule has 0 saturated heterocycles. The first kappa shape index (κ1) is 12.6. The highest BCUT2D eigenvalue weighted by atomic mass is 16.4. The average Bonchev–Trinajstić information content (AvgIpc) is 3.06. The first-order chi connectivity index (χ1) is 10.8. The lowest BCUT2D eigenvalue weighted by Crippen LogP contribution is -2.12. The van der Waals surface area contributed by atoms with Gasteiger partial charge in [0.2, 0.25) is 0 Å². The van der Waals surface area contributed by atoms with Crippen LogP contribution in [0.5, 0.6) is 0 Å². The Bertz CT molecular complexity index is 995. The summed E-state index contributed by atoms with van der Waals surface area (Å²) in [5.74, 6) is -0.411. The van der Waals surface area contributed by atoms with Crippen molar-refractivity contribution in [2.45, 2.75) is 6.92 Å². The van der Waals surface area contributed by atoms with Gasteiger partial charge in [-0.2, -0.15) is 9.78 Å². The van der Waals surface area contributed by atoms with Crippen molar-refractivity contribution in [1.82, 2.24) is 14.3 Å². The summed E-state index contributed by atoms with van der Waals surface area (Å²) in [6.07, 6.45) is 0. The molecule has 0 saturated carbocycles. The lowest BCUT2D eigenvalue weighted by molar-refractivity contribution is 0.517. The van der Waals surface area contributed by atoms with Crippen LogP contribution in [0.4, 0.5) is 0 Å². The Morgan fingerprint density at radius 1 is 0.909 bits per heavy atom. The van der Waals surface area contributed by atoms with E-state index < -0.39 is 5.76 Å². The summed E-state index contributed by atoms with van der Waals surface area (Å²) in [5.41, 5.74) is 3.52. The molecule has 5 nitrogen and oxygen atoms in total. The minimum absolute atomic E-state index is 0.411. The molecule has 0 aliphatic carbocycles. The fourth-order valence-electron chi connectivity index (χ4n) is 2.62. The molecule has 2 heterocycles. The highest BCUT2D eigenvalue weighted by Crippen LogP contribution is 2.23. The number of fused-ring (bicyclic) bond motifs is 1. The Morgan fingerprint density at radius 3 is 2.14 bits per heavy atom. The van der Waals surface area contributed by atoms with Crippen LogP contribution in [0.3, 0.4) is 0 Å². The second kappa shape index (κ2) is 4.73. The molecular formula is C17H13N3O2. The molecule has 22 heavy (non-hydrogen) atoms. The molecule has 2 aromatic carbocycles. The lowest BCUT2D eigenvalue weighted by atomic mass is 10.3. The van der Waals surface area contributed by atoms with E-state index in [4.69, 9.17) is 4.42 Å². The Kier molecular flexibility index (Phi) is 2.72. The predicted octanol–water partition coefficient (Wildman–Crippen LogP) is 3.08. The first-order valence-electron chi connectivity index (χ1n) is 6.98. The number of nitrogens with zero attached hydrogens (tertiary/aromatic N) is 3. The summed E-state index contributed by atoms with van der Waals surface area (Å²) < 4.78 is 8.68. The summed E-state index contributed by atoms with van der Waals surface area (Å²) in [5, 5.41) is 4.51. The molecule has 0 aliphatic heterocycles. The molecule has 108 valence electrons. The van der Waals surface area contributed by atoms with E-state index in [2.05, 4.69) is 5.10 Å². The van der Waals surface area contributed by atoms with Gasteiger partial charge in [-0.25, -0.2) is 9.36 Å². The van der Waals surface area contributed by atoms with Crippen molar-refractivity contribution < 1.29 is 4.42 Å². The average molecular weight is 291 g/mol. The van der Waals surface area contributed by atoms with Crippen molar-refractivity contribution in [3.8, 4) is 11.4 Å². The third-order valence-corrected chi connectivity index (χ3v) is 3.59. The number of oxazole rings is 1. The summed E-state index contributed by atoms with van der Waals surface area (Å²) in [4.78, 5) is 12.3. The highest BCUT2D eigenvalue weighted by Gasteiger charge is 2.20. The largest absolute Gasteiger partial charge is 0.426 e. The van der Waals surface area contributed by atoms with Gasteiger partial charge < -0.3 is 4.42 Å². The molecule has 0 radical (unpaired) electrons. The van der Waals surface area contributed by atoms with Gasteiger partial charge in [-0.3, -0.25) is 0 Å². The minimum atomic E-state index is -0.411. The molecule has 5 heteroatoms. The second-order valence-electron chi connectivity index (χ2n) is 5.03. The van der Waals surface area contributed by atoms with Crippen molar-refractivity contribution >= 4 is 11.2 Å². The fourth-order valence-corrected chi connectivity index (χ4v) is 2.62. The molecule has 0 N–H and O–H groups in total. The van der Waals surface area contributed by atoms with Gasteiger partial charge in [-0.1, -0.05) is 36.4 Å². The molecule has 0 amide bonds. The number of aryl methyl sites for hydroxylation is 1. The third-order valence-electron chi connectivity index (χ3n) is 3.59. The Hall–Kier alpha value is -3.08. The van der Waals surface area contributed by atoms with Gasteiger partial charge in [0.15, 0.2) is 0 Å². The summed E-state index contributed by atoms with van der Waals surface area (Å²) in [7, 11) is 0. The highest BCUT2D eigenvalue weighted by molar-refractivity contribution is 5.76. The molecule has 0 aliphatic rings. The Labute approximate surface area is 126 Å². The van der Waals surface area contributed by atoms with Gasteiger partial charge >= 0.3 is 5.76 Å². The van der Waals surface area contributed by atoms with E-state index in [9.17, 15) is 4.79 Å². The maximum atomic E-state index is 12.3. The van der Waals surface area contributed by atoms with E-state index in [1.54, 1.807) is 9.25 Å². The number of aromatic nitrogens is 3. The van der Waals surface area contributed by atoms with Gasteiger partial charge in [0, 0.05) is 0 Å². The number of hydrogen-bond donors (Lipinski definition) is 0. The van der Waals surface area contributed by atoms with Crippen molar-refractivity contribution in [3.05, 3.63) is 76.9 Å². The van der Waals surface area contributed by atoms with E-state index in [0.717, 1.165) is 17.1 Å². The first-order valence-corrected chi connectivity index (χ1v) is 6.98. The third kappa shape index (κ3) is 1.79. The zero-order chi connectivity index (χ0) is 15.1. The normalized spacial score (nSPS) is 11.1. The Morgan fingerprint density at radius 2 is 1.50 bits per heavy atom. The summed E-state index contributed by atoms with van der Waals surface area (Å²) >= 11 is 0. The van der Waals surface area contributed by atoms with E-state index in [0.29, 0.717) is 11.2 Å². The standard InChI is InChI=1S/C17H13N3O2/c1-12-15-16(20(18-12)14-10-6-3-7-11-14)22-17(21)19(15)13-8-4-2-5-9-13/h2-11H,1H3. The van der Waals surface area contributed by atoms with E-state index in [-0.39, 0.29) is 0 Å². The SMILES string of the molecule is Cc1nn(-c2ccccc2)c2oc(=O)n(-c3ccccc3)c12. The molecule has 0 atom stereocenters. The van der Waals surface area contributed by atoms with E-state index in [1.807, 2.05) is 67.6 Å². The van der Waals surface area contributed by atoms with Crippen LogP contribution in [-0.4, -0.2) is 14.3 Å². The van der Waals surface area contributed by atoms with Crippen molar-refractivity contribution in [2.75, 3.05) is 0 Å². The molecule has 4 rings (SSSR count). The smallest absolute Gasteiger partial charge is 0.388 e. The number of rotatable bonds is 2. The van der Waals surface area contributed by atoms with Crippen LogP contribution < -0.4 is 5.76 Å². The van der Waals surface area contributed by atoms with Gasteiger partial charge in [0.1, 0.15) is 5.52 Å². The van der Waals surface area contributed by atoms with Gasteiger partial charge in [-0.15, -0.1) is 0 Å². The van der Waals surface area contributed by atoms with Gasteiger partial charge in [0.05, 0.1) is 17.1 Å². The Balaban J connectivity index is 2.05. The molecule has 0 bridgehead atoms. The lowest BCUT2D eigenvalue weighted by Gasteiger charge is -1.99. The molecule has 4 aromatic rings. The van der Waals surface area contributed by atoms with Crippen LogP contribution in [0, 0.1) is 6.92 Å². The molecular weight excluding hydrogens is 278 g/mol.